The summed E-state index contributed by atoms with van der Waals surface area (Å²) in [5.41, 5.74) is 1.32. The zero-order chi connectivity index (χ0) is 18.2. The van der Waals surface area contributed by atoms with Crippen LogP contribution in [0.15, 0.2) is 52.1 Å². The van der Waals surface area contributed by atoms with Crippen LogP contribution in [0.1, 0.15) is 24.2 Å². The molecule has 1 aliphatic heterocycles. The fourth-order valence-corrected chi connectivity index (χ4v) is 3.33. The Hall–Kier alpha value is -1.74. The zero-order valence-electron chi connectivity index (χ0n) is 15.9. The van der Waals surface area contributed by atoms with Crippen molar-refractivity contribution >= 4 is 29.9 Å². The highest BCUT2D eigenvalue weighted by atomic mass is 127. The van der Waals surface area contributed by atoms with Crippen molar-refractivity contribution in [3.63, 3.8) is 0 Å². The van der Waals surface area contributed by atoms with Crippen LogP contribution < -0.4 is 15.4 Å². The molecule has 0 unspecified atom stereocenters. The first-order valence-electron chi connectivity index (χ1n) is 8.95. The van der Waals surface area contributed by atoms with Gasteiger partial charge in [0, 0.05) is 32.2 Å². The van der Waals surface area contributed by atoms with Crippen LogP contribution in [0.2, 0.25) is 0 Å². The molecule has 1 aliphatic rings. The van der Waals surface area contributed by atoms with E-state index in [0.717, 1.165) is 50.1 Å². The predicted molar refractivity (Wildman–Crippen MR) is 117 cm³/mol. The number of hydrogen-bond acceptors (Lipinski definition) is 4. The summed E-state index contributed by atoms with van der Waals surface area (Å²) in [4.78, 5) is 4.33. The lowest BCUT2D eigenvalue weighted by Gasteiger charge is -2.38. The molecule has 0 bridgehead atoms. The fraction of sp³-hybridized carbons (Fsp3) is 0.450. The van der Waals surface area contributed by atoms with Gasteiger partial charge >= 0.3 is 0 Å². The van der Waals surface area contributed by atoms with Crippen LogP contribution in [0.25, 0.3) is 0 Å². The third kappa shape index (κ3) is 5.62. The molecule has 1 fully saturated rings. The van der Waals surface area contributed by atoms with Gasteiger partial charge < -0.3 is 24.5 Å². The maximum absolute atomic E-state index is 5.61. The van der Waals surface area contributed by atoms with Gasteiger partial charge in [0.1, 0.15) is 11.5 Å². The summed E-state index contributed by atoms with van der Waals surface area (Å²) < 4.78 is 16.3. The number of ether oxygens (including phenoxy) is 2. The smallest absolute Gasteiger partial charge is 0.191 e. The Bertz CT molecular complexity index is 696. The second-order valence-corrected chi connectivity index (χ2v) is 6.48. The number of guanidine groups is 1. The molecule has 2 N–H and O–H groups in total. The Morgan fingerprint density at radius 2 is 1.89 bits per heavy atom. The molecule has 0 amide bonds. The zero-order valence-corrected chi connectivity index (χ0v) is 18.2. The number of hydrogen-bond donors (Lipinski definition) is 2. The predicted octanol–water partition coefficient (Wildman–Crippen LogP) is 3.32. The number of methoxy groups -OCH3 is 1. The molecule has 2 aromatic rings. The van der Waals surface area contributed by atoms with Crippen molar-refractivity contribution in [3.05, 3.63) is 54.0 Å². The minimum absolute atomic E-state index is 0. The van der Waals surface area contributed by atoms with E-state index in [1.807, 2.05) is 24.3 Å². The average Bonchev–Trinajstić information content (AvgIpc) is 3.22. The standard InChI is InChI=1S/C20H27N3O3.HI/c1-21-19(22-14-18-4-3-11-26-18)23-15-20(9-12-25-13-10-20)16-5-7-17(24-2)8-6-16;/h3-8,11H,9-10,12-15H2,1-2H3,(H2,21,22,23);1H. The molecule has 1 aromatic heterocycles. The van der Waals surface area contributed by atoms with E-state index in [-0.39, 0.29) is 29.4 Å². The number of benzene rings is 1. The Labute approximate surface area is 177 Å². The van der Waals surface area contributed by atoms with E-state index in [2.05, 4.69) is 27.8 Å². The van der Waals surface area contributed by atoms with Crippen molar-refractivity contribution in [2.75, 3.05) is 33.9 Å². The van der Waals surface area contributed by atoms with Crippen molar-refractivity contribution in [2.45, 2.75) is 24.8 Å². The molecule has 3 rings (SSSR count). The first kappa shape index (κ1) is 21.6. The first-order valence-corrected chi connectivity index (χ1v) is 8.95. The molecule has 27 heavy (non-hydrogen) atoms. The molecule has 0 atom stereocenters. The van der Waals surface area contributed by atoms with E-state index in [0.29, 0.717) is 6.54 Å². The van der Waals surface area contributed by atoms with E-state index >= 15 is 0 Å². The SMILES string of the molecule is CN=C(NCc1ccco1)NCC1(c2ccc(OC)cc2)CCOCC1.I. The van der Waals surface area contributed by atoms with Crippen LogP contribution in [0.5, 0.6) is 5.75 Å². The summed E-state index contributed by atoms with van der Waals surface area (Å²) in [6, 6.07) is 12.2. The van der Waals surface area contributed by atoms with Crippen LogP contribution in [0.3, 0.4) is 0 Å². The summed E-state index contributed by atoms with van der Waals surface area (Å²) >= 11 is 0. The largest absolute Gasteiger partial charge is 0.497 e. The number of halogens is 1. The molecule has 0 aliphatic carbocycles. The van der Waals surface area contributed by atoms with E-state index < -0.39 is 0 Å². The highest BCUT2D eigenvalue weighted by Crippen LogP contribution is 2.35. The minimum atomic E-state index is 0. The summed E-state index contributed by atoms with van der Waals surface area (Å²) in [5.74, 6) is 2.52. The van der Waals surface area contributed by atoms with Gasteiger partial charge in [-0.05, 0) is 42.7 Å². The second kappa shape index (κ2) is 10.6. The lowest BCUT2D eigenvalue weighted by Crippen LogP contribution is -2.47. The van der Waals surface area contributed by atoms with Crippen LogP contribution in [0.4, 0.5) is 0 Å². The maximum Gasteiger partial charge on any atom is 0.191 e. The third-order valence-electron chi connectivity index (χ3n) is 4.98. The Morgan fingerprint density at radius 3 is 2.48 bits per heavy atom. The molecule has 0 saturated carbocycles. The van der Waals surface area contributed by atoms with Crippen LogP contribution in [-0.4, -0.2) is 39.9 Å². The monoisotopic (exact) mass is 485 g/mol. The lowest BCUT2D eigenvalue weighted by atomic mass is 9.74. The minimum Gasteiger partial charge on any atom is -0.497 e. The molecule has 2 heterocycles. The Kier molecular flexibility index (Phi) is 8.43. The van der Waals surface area contributed by atoms with Gasteiger partial charge in [-0.1, -0.05) is 12.1 Å². The molecule has 7 heteroatoms. The van der Waals surface area contributed by atoms with Gasteiger partial charge in [0.25, 0.3) is 0 Å². The topological polar surface area (TPSA) is 68.0 Å². The number of furan rings is 1. The van der Waals surface area contributed by atoms with Crippen LogP contribution in [0, 0.1) is 0 Å². The molecular formula is C20H28IN3O3. The van der Waals surface area contributed by atoms with Gasteiger partial charge in [0.15, 0.2) is 5.96 Å². The highest BCUT2D eigenvalue weighted by molar-refractivity contribution is 14.0. The second-order valence-electron chi connectivity index (χ2n) is 6.48. The molecule has 0 spiro atoms. The lowest BCUT2D eigenvalue weighted by molar-refractivity contribution is 0.0513. The molecule has 6 nitrogen and oxygen atoms in total. The summed E-state index contributed by atoms with van der Waals surface area (Å²) in [6.07, 6.45) is 3.62. The third-order valence-corrected chi connectivity index (χ3v) is 4.98. The summed E-state index contributed by atoms with van der Waals surface area (Å²) in [7, 11) is 3.47. The van der Waals surface area contributed by atoms with Crippen molar-refractivity contribution in [1.82, 2.24) is 10.6 Å². The van der Waals surface area contributed by atoms with E-state index in [4.69, 9.17) is 13.9 Å². The van der Waals surface area contributed by atoms with Crippen LogP contribution in [-0.2, 0) is 16.7 Å². The summed E-state index contributed by atoms with van der Waals surface area (Å²) in [5, 5.41) is 6.77. The number of rotatable bonds is 6. The average molecular weight is 485 g/mol. The van der Waals surface area contributed by atoms with Crippen molar-refractivity contribution in [1.29, 1.82) is 0 Å². The number of nitrogens with one attached hydrogen (secondary N) is 2. The first-order chi connectivity index (χ1) is 12.8. The highest BCUT2D eigenvalue weighted by Gasteiger charge is 2.34. The van der Waals surface area contributed by atoms with E-state index in [9.17, 15) is 0 Å². The molecule has 1 saturated heterocycles. The van der Waals surface area contributed by atoms with Gasteiger partial charge in [-0.2, -0.15) is 0 Å². The van der Waals surface area contributed by atoms with Gasteiger partial charge in [0.2, 0.25) is 0 Å². The Balaban J connectivity index is 0.00000261. The van der Waals surface area contributed by atoms with Crippen molar-refractivity contribution < 1.29 is 13.9 Å². The van der Waals surface area contributed by atoms with Crippen LogP contribution >= 0.6 is 24.0 Å². The van der Waals surface area contributed by atoms with E-state index in [1.165, 1.54) is 5.56 Å². The van der Waals surface area contributed by atoms with Gasteiger partial charge in [0.05, 0.1) is 19.9 Å². The maximum atomic E-state index is 5.61. The molecule has 148 valence electrons. The molecular weight excluding hydrogens is 457 g/mol. The number of aliphatic imine (C=N–C) groups is 1. The molecule has 1 aromatic carbocycles. The van der Waals surface area contributed by atoms with Crippen molar-refractivity contribution in [3.8, 4) is 5.75 Å². The van der Waals surface area contributed by atoms with Gasteiger partial charge in [-0.25, -0.2) is 0 Å². The van der Waals surface area contributed by atoms with Crippen molar-refractivity contribution in [2.24, 2.45) is 4.99 Å². The Morgan fingerprint density at radius 1 is 1.15 bits per heavy atom. The van der Waals surface area contributed by atoms with Gasteiger partial charge in [-0.3, -0.25) is 4.99 Å². The quantitative estimate of drug-likeness (QED) is 0.374. The van der Waals surface area contributed by atoms with Gasteiger partial charge in [-0.15, -0.1) is 24.0 Å². The normalized spacial score (nSPS) is 16.3. The van der Waals surface area contributed by atoms with E-state index in [1.54, 1.807) is 20.4 Å². The fourth-order valence-electron chi connectivity index (χ4n) is 3.33. The molecule has 0 radical (unpaired) electrons. The summed E-state index contributed by atoms with van der Waals surface area (Å²) in [6.45, 7) is 2.93. The number of nitrogens with zero attached hydrogens (tertiary/aromatic N) is 1.